The van der Waals surface area contributed by atoms with E-state index in [2.05, 4.69) is 25.4 Å². The molecule has 100 valence electrons. The van der Waals surface area contributed by atoms with Gasteiger partial charge in [0.25, 0.3) is 0 Å². The lowest BCUT2D eigenvalue weighted by Gasteiger charge is -2.04. The molecule has 2 aromatic heterocycles. The number of hydrogen-bond acceptors (Lipinski definition) is 8. The summed E-state index contributed by atoms with van der Waals surface area (Å²) >= 11 is 0. The monoisotopic (exact) mass is 265 g/mol. The van der Waals surface area contributed by atoms with Crippen molar-refractivity contribution in [1.82, 2.24) is 24.7 Å². The lowest BCUT2D eigenvalue weighted by molar-refractivity contribution is -0.386. The van der Waals surface area contributed by atoms with Crippen LogP contribution in [0.15, 0.2) is 12.5 Å². The predicted molar refractivity (Wildman–Crippen MR) is 63.9 cm³/mol. The molecule has 0 radical (unpaired) electrons. The molecule has 0 atom stereocenters. The third-order valence-electron chi connectivity index (χ3n) is 2.03. The van der Waals surface area contributed by atoms with Crippen molar-refractivity contribution >= 4 is 11.6 Å². The average molecular weight is 265 g/mol. The van der Waals surface area contributed by atoms with Crippen LogP contribution in [0, 0.1) is 10.1 Å². The average Bonchev–Trinajstić information content (AvgIpc) is 2.75. The van der Waals surface area contributed by atoms with Crippen LogP contribution in [0.2, 0.25) is 0 Å². The van der Waals surface area contributed by atoms with Gasteiger partial charge in [-0.3, -0.25) is 14.8 Å². The molecule has 0 saturated heterocycles. The van der Waals surface area contributed by atoms with E-state index in [9.17, 15) is 10.1 Å². The fourth-order valence-electron chi connectivity index (χ4n) is 1.26. The Labute approximate surface area is 107 Å². The summed E-state index contributed by atoms with van der Waals surface area (Å²) in [6.45, 7) is 2.44. The summed E-state index contributed by atoms with van der Waals surface area (Å²) in [6, 6.07) is -0.0215. The number of nitro groups is 1. The molecular formula is C9H11N7O3. The zero-order chi connectivity index (χ0) is 13.8. The van der Waals surface area contributed by atoms with Gasteiger partial charge in [0.1, 0.15) is 12.5 Å². The van der Waals surface area contributed by atoms with Gasteiger partial charge >= 0.3 is 17.6 Å². The summed E-state index contributed by atoms with van der Waals surface area (Å²) in [5, 5.41) is 17.6. The second-order valence-corrected chi connectivity index (χ2v) is 3.47. The van der Waals surface area contributed by atoms with Gasteiger partial charge in [-0.15, -0.1) is 5.10 Å². The number of nitrogens with zero attached hydrogens (tertiary/aromatic N) is 6. The molecule has 0 bridgehead atoms. The van der Waals surface area contributed by atoms with Crippen molar-refractivity contribution < 1.29 is 9.66 Å². The number of nitrogens with one attached hydrogen (secondary N) is 1. The van der Waals surface area contributed by atoms with Gasteiger partial charge in [-0.25, -0.2) is 4.98 Å². The van der Waals surface area contributed by atoms with Crippen molar-refractivity contribution in [2.24, 2.45) is 7.05 Å². The van der Waals surface area contributed by atoms with E-state index in [4.69, 9.17) is 4.74 Å². The third kappa shape index (κ3) is 2.91. The molecule has 0 spiro atoms. The van der Waals surface area contributed by atoms with Crippen molar-refractivity contribution in [2.75, 3.05) is 11.9 Å². The van der Waals surface area contributed by atoms with Gasteiger partial charge in [-0.2, -0.15) is 9.97 Å². The lowest BCUT2D eigenvalue weighted by Crippen LogP contribution is -2.05. The van der Waals surface area contributed by atoms with E-state index in [0.29, 0.717) is 6.54 Å². The van der Waals surface area contributed by atoms with Crippen molar-refractivity contribution in [2.45, 2.75) is 6.92 Å². The summed E-state index contributed by atoms with van der Waals surface area (Å²) in [7, 11) is 1.65. The maximum atomic E-state index is 10.9. The lowest BCUT2D eigenvalue weighted by atomic mass is 10.5. The van der Waals surface area contributed by atoms with E-state index >= 15 is 0 Å². The first kappa shape index (κ1) is 12.7. The Morgan fingerprint density at radius 1 is 1.53 bits per heavy atom. The molecule has 1 N–H and O–H groups in total. The minimum absolute atomic E-state index is 0.0215. The largest absolute Gasteiger partial charge is 0.397 e. The Morgan fingerprint density at radius 2 is 2.32 bits per heavy atom. The highest BCUT2D eigenvalue weighted by molar-refractivity contribution is 5.44. The molecule has 10 heteroatoms. The Hall–Kier alpha value is -2.78. The third-order valence-corrected chi connectivity index (χ3v) is 2.03. The van der Waals surface area contributed by atoms with Gasteiger partial charge in [-0.1, -0.05) is 0 Å². The molecule has 2 rings (SSSR count). The van der Waals surface area contributed by atoms with Crippen molar-refractivity contribution in [3.8, 4) is 11.9 Å². The van der Waals surface area contributed by atoms with Crippen LogP contribution in [0.25, 0.3) is 0 Å². The first-order valence-corrected chi connectivity index (χ1v) is 5.39. The number of aryl methyl sites for hydroxylation is 1. The standard InChI is InChI=1S/C9H11N7O3/c1-3-10-8-11-4-6(16(17)18)7(13-8)19-9-12-5-15(2)14-9/h4-5H,3H2,1-2H3,(H,10,11,13). The summed E-state index contributed by atoms with van der Waals surface area (Å²) in [5.74, 6) is 0.0289. The maximum absolute atomic E-state index is 10.9. The molecule has 0 fully saturated rings. The summed E-state index contributed by atoms with van der Waals surface area (Å²) < 4.78 is 6.61. The van der Waals surface area contributed by atoms with Gasteiger partial charge in [0.2, 0.25) is 5.95 Å². The highest BCUT2D eigenvalue weighted by atomic mass is 16.6. The Bertz CT molecular complexity index is 597. The van der Waals surface area contributed by atoms with E-state index in [1.807, 2.05) is 6.92 Å². The van der Waals surface area contributed by atoms with Crippen molar-refractivity contribution in [3.05, 3.63) is 22.6 Å². The second kappa shape index (κ2) is 5.25. The van der Waals surface area contributed by atoms with Gasteiger partial charge < -0.3 is 10.1 Å². The van der Waals surface area contributed by atoms with Crippen molar-refractivity contribution in [1.29, 1.82) is 0 Å². The van der Waals surface area contributed by atoms with Crippen LogP contribution in [-0.4, -0.2) is 36.2 Å². The minimum Gasteiger partial charge on any atom is -0.397 e. The van der Waals surface area contributed by atoms with E-state index in [1.165, 1.54) is 11.0 Å². The van der Waals surface area contributed by atoms with E-state index < -0.39 is 4.92 Å². The molecule has 0 amide bonds. The molecule has 0 aliphatic rings. The van der Waals surface area contributed by atoms with Crippen LogP contribution >= 0.6 is 0 Å². The van der Waals surface area contributed by atoms with Crippen LogP contribution in [0.4, 0.5) is 11.6 Å². The number of rotatable bonds is 5. The molecule has 2 heterocycles. The summed E-state index contributed by atoms with van der Waals surface area (Å²) in [6.07, 6.45) is 2.48. The van der Waals surface area contributed by atoms with E-state index in [-0.39, 0.29) is 23.5 Å². The van der Waals surface area contributed by atoms with Gasteiger partial charge in [0.05, 0.1) is 4.92 Å². The summed E-state index contributed by atoms with van der Waals surface area (Å²) in [5.41, 5.74) is -0.353. The summed E-state index contributed by atoms with van der Waals surface area (Å²) in [4.78, 5) is 21.8. The quantitative estimate of drug-likeness (QED) is 0.620. The molecule has 0 unspecified atom stereocenters. The first-order valence-electron chi connectivity index (χ1n) is 5.39. The van der Waals surface area contributed by atoms with Gasteiger partial charge in [0, 0.05) is 13.6 Å². The molecular weight excluding hydrogens is 254 g/mol. The molecule has 0 saturated carbocycles. The fourth-order valence-corrected chi connectivity index (χ4v) is 1.26. The van der Waals surface area contributed by atoms with E-state index in [0.717, 1.165) is 6.20 Å². The molecule has 19 heavy (non-hydrogen) atoms. The first-order chi connectivity index (χ1) is 9.10. The molecule has 0 aromatic carbocycles. The van der Waals surface area contributed by atoms with Crippen LogP contribution in [0.5, 0.6) is 11.9 Å². The normalized spacial score (nSPS) is 10.2. The zero-order valence-electron chi connectivity index (χ0n) is 10.3. The highest BCUT2D eigenvalue weighted by Crippen LogP contribution is 2.27. The smallest absolute Gasteiger partial charge is 0.349 e. The van der Waals surface area contributed by atoms with Crippen LogP contribution in [0.3, 0.4) is 0 Å². The fraction of sp³-hybridized carbons (Fsp3) is 0.333. The second-order valence-electron chi connectivity index (χ2n) is 3.47. The number of ether oxygens (including phenoxy) is 1. The van der Waals surface area contributed by atoms with Gasteiger partial charge in [-0.05, 0) is 6.92 Å². The SMILES string of the molecule is CCNc1ncc([N+](=O)[O-])c(Oc2ncn(C)n2)n1. The van der Waals surface area contributed by atoms with Crippen LogP contribution in [0.1, 0.15) is 6.92 Å². The van der Waals surface area contributed by atoms with Crippen LogP contribution < -0.4 is 10.1 Å². The number of anilines is 1. The Balaban J connectivity index is 2.34. The van der Waals surface area contributed by atoms with E-state index in [1.54, 1.807) is 7.05 Å². The zero-order valence-corrected chi connectivity index (χ0v) is 10.3. The molecule has 10 nitrogen and oxygen atoms in total. The van der Waals surface area contributed by atoms with Crippen molar-refractivity contribution in [3.63, 3.8) is 0 Å². The number of aromatic nitrogens is 5. The topological polar surface area (TPSA) is 121 Å². The highest BCUT2D eigenvalue weighted by Gasteiger charge is 2.20. The number of hydrogen-bond donors (Lipinski definition) is 1. The molecule has 2 aromatic rings. The Kier molecular flexibility index (Phi) is 3.50. The molecule has 0 aliphatic carbocycles. The Morgan fingerprint density at radius 3 is 2.89 bits per heavy atom. The predicted octanol–water partition coefficient (Wildman–Crippen LogP) is 0.737. The van der Waals surface area contributed by atoms with Gasteiger partial charge in [0.15, 0.2) is 0 Å². The minimum atomic E-state index is -0.631. The van der Waals surface area contributed by atoms with Crippen LogP contribution in [-0.2, 0) is 7.05 Å². The molecule has 0 aliphatic heterocycles. The maximum Gasteiger partial charge on any atom is 0.349 e.